The number of alkyl halides is 3. The van der Waals surface area contributed by atoms with Crippen LogP contribution in [-0.4, -0.2) is 9.91 Å². The van der Waals surface area contributed by atoms with Crippen molar-refractivity contribution in [2.24, 2.45) is 0 Å². The van der Waals surface area contributed by atoms with E-state index in [9.17, 15) is 23.3 Å². The Labute approximate surface area is 104 Å². The molecule has 0 N–H and O–H groups in total. The Kier molecular flexibility index (Phi) is 2.82. The minimum atomic E-state index is -4.67. The third-order valence-electron chi connectivity index (χ3n) is 2.42. The fraction of sp³-hybridized carbons (Fsp3) is 0.0909. The summed E-state index contributed by atoms with van der Waals surface area (Å²) >= 11 is 0. The lowest BCUT2D eigenvalue weighted by Gasteiger charge is -2.07. The molecule has 5 nitrogen and oxygen atoms in total. The van der Waals surface area contributed by atoms with Gasteiger partial charge in [-0.05, 0) is 22.0 Å². The number of nitriles is 1. The number of pyridine rings is 1. The maximum atomic E-state index is 12.8. The Morgan fingerprint density at radius 3 is 2.58 bits per heavy atom. The summed E-state index contributed by atoms with van der Waals surface area (Å²) in [5, 5.41) is 19.5. The lowest BCUT2D eigenvalue weighted by molar-refractivity contribution is -0.389. The molecule has 0 aliphatic rings. The topological polar surface area (TPSA) is 79.8 Å². The van der Waals surface area contributed by atoms with E-state index in [1.54, 1.807) is 6.07 Å². The molecule has 96 valence electrons. The van der Waals surface area contributed by atoms with Crippen molar-refractivity contribution in [1.29, 1.82) is 5.26 Å². The summed E-state index contributed by atoms with van der Waals surface area (Å²) in [6, 6.07) is 5.81. The standard InChI is InChI=1S/C11H4F3N3O2/c12-11(13,14)8-3-1-2-6-4-7(5-15)10(17(18)19)16-9(6)8/h1-4H. The predicted octanol–water partition coefficient (Wildman–Crippen LogP) is 3.03. The van der Waals surface area contributed by atoms with Crippen molar-refractivity contribution in [1.82, 2.24) is 4.98 Å². The Morgan fingerprint density at radius 2 is 2.05 bits per heavy atom. The van der Waals surface area contributed by atoms with Gasteiger partial charge in [0.1, 0.15) is 11.6 Å². The molecule has 0 aliphatic carbocycles. The smallest absolute Gasteiger partial charge is 0.358 e. The fourth-order valence-corrected chi connectivity index (χ4v) is 1.64. The van der Waals surface area contributed by atoms with Crippen LogP contribution in [0.4, 0.5) is 19.0 Å². The second kappa shape index (κ2) is 4.20. The lowest BCUT2D eigenvalue weighted by Crippen LogP contribution is -2.07. The number of hydrogen-bond donors (Lipinski definition) is 0. The first-order valence-corrected chi connectivity index (χ1v) is 4.90. The van der Waals surface area contributed by atoms with Crippen molar-refractivity contribution in [3.8, 4) is 6.07 Å². The van der Waals surface area contributed by atoms with Crippen LogP contribution in [0.2, 0.25) is 0 Å². The van der Waals surface area contributed by atoms with E-state index in [2.05, 4.69) is 4.98 Å². The van der Waals surface area contributed by atoms with E-state index >= 15 is 0 Å². The van der Waals surface area contributed by atoms with Gasteiger partial charge in [-0.25, -0.2) is 0 Å². The van der Waals surface area contributed by atoms with E-state index in [-0.39, 0.29) is 10.9 Å². The van der Waals surface area contributed by atoms with Crippen molar-refractivity contribution in [2.75, 3.05) is 0 Å². The molecule has 0 atom stereocenters. The molecule has 0 radical (unpaired) electrons. The van der Waals surface area contributed by atoms with Gasteiger partial charge in [0.05, 0.1) is 0 Å². The van der Waals surface area contributed by atoms with Gasteiger partial charge in [-0.3, -0.25) is 0 Å². The number of rotatable bonds is 1. The van der Waals surface area contributed by atoms with Crippen molar-refractivity contribution in [3.05, 3.63) is 45.5 Å². The number of aromatic nitrogens is 1. The second-order valence-corrected chi connectivity index (χ2v) is 3.60. The van der Waals surface area contributed by atoms with Crippen LogP contribution in [0.3, 0.4) is 0 Å². The number of nitro groups is 1. The van der Waals surface area contributed by atoms with Gasteiger partial charge in [0.25, 0.3) is 0 Å². The minimum absolute atomic E-state index is 0.0250. The highest BCUT2D eigenvalue weighted by atomic mass is 19.4. The van der Waals surface area contributed by atoms with E-state index < -0.39 is 28.0 Å². The summed E-state index contributed by atoms with van der Waals surface area (Å²) in [6.07, 6.45) is -4.67. The molecule has 0 bridgehead atoms. The summed E-state index contributed by atoms with van der Waals surface area (Å²) in [5.41, 5.74) is -1.99. The number of halogens is 3. The average Bonchev–Trinajstić information content (AvgIpc) is 2.35. The second-order valence-electron chi connectivity index (χ2n) is 3.60. The van der Waals surface area contributed by atoms with Crippen LogP contribution in [0, 0.1) is 21.4 Å². The first-order chi connectivity index (χ1) is 8.84. The fourth-order valence-electron chi connectivity index (χ4n) is 1.64. The first kappa shape index (κ1) is 12.8. The van der Waals surface area contributed by atoms with Gasteiger partial charge < -0.3 is 10.1 Å². The van der Waals surface area contributed by atoms with Crippen molar-refractivity contribution >= 4 is 16.7 Å². The van der Waals surface area contributed by atoms with E-state index in [0.717, 1.165) is 18.2 Å². The predicted molar refractivity (Wildman–Crippen MR) is 58.1 cm³/mol. The molecular formula is C11H4F3N3O2. The molecule has 0 aliphatic heterocycles. The van der Waals surface area contributed by atoms with Crippen LogP contribution < -0.4 is 0 Å². The Morgan fingerprint density at radius 1 is 1.37 bits per heavy atom. The molecule has 0 saturated heterocycles. The van der Waals surface area contributed by atoms with Crippen LogP contribution in [-0.2, 0) is 6.18 Å². The third kappa shape index (κ3) is 2.18. The molecule has 1 aromatic carbocycles. The van der Waals surface area contributed by atoms with Gasteiger partial charge in [-0.1, -0.05) is 12.1 Å². The summed E-state index contributed by atoms with van der Waals surface area (Å²) in [6.45, 7) is 0. The van der Waals surface area contributed by atoms with E-state index in [4.69, 9.17) is 5.26 Å². The Balaban J connectivity index is 2.88. The highest BCUT2D eigenvalue weighted by Gasteiger charge is 2.35. The highest BCUT2D eigenvalue weighted by Crippen LogP contribution is 2.35. The van der Waals surface area contributed by atoms with Crippen LogP contribution in [0.5, 0.6) is 0 Å². The van der Waals surface area contributed by atoms with Gasteiger partial charge in [-0.15, -0.1) is 0 Å². The monoisotopic (exact) mass is 267 g/mol. The first-order valence-electron chi connectivity index (χ1n) is 4.90. The van der Waals surface area contributed by atoms with Crippen molar-refractivity contribution in [2.45, 2.75) is 6.18 Å². The summed E-state index contributed by atoms with van der Waals surface area (Å²) in [7, 11) is 0. The van der Waals surface area contributed by atoms with E-state index in [1.807, 2.05) is 0 Å². The number of para-hydroxylation sites is 1. The average molecular weight is 267 g/mol. The van der Waals surface area contributed by atoms with Gasteiger partial charge in [0, 0.05) is 5.39 Å². The zero-order chi connectivity index (χ0) is 14.2. The molecule has 2 rings (SSSR count). The molecule has 0 amide bonds. The molecule has 2 aromatic rings. The van der Waals surface area contributed by atoms with Gasteiger partial charge in [-0.2, -0.15) is 18.4 Å². The molecule has 0 spiro atoms. The molecule has 0 unspecified atom stereocenters. The maximum Gasteiger partial charge on any atom is 0.420 e. The number of nitrogens with zero attached hydrogens (tertiary/aromatic N) is 3. The molecule has 1 aromatic heterocycles. The van der Waals surface area contributed by atoms with Crippen LogP contribution in [0.25, 0.3) is 10.9 Å². The minimum Gasteiger partial charge on any atom is -0.358 e. The molecule has 8 heteroatoms. The summed E-state index contributed by atoms with van der Waals surface area (Å²) in [4.78, 5) is 13.1. The third-order valence-corrected chi connectivity index (χ3v) is 2.42. The van der Waals surface area contributed by atoms with Crippen LogP contribution in [0.1, 0.15) is 11.1 Å². The lowest BCUT2D eigenvalue weighted by atomic mass is 10.1. The molecule has 0 saturated carbocycles. The van der Waals surface area contributed by atoms with Gasteiger partial charge in [0.15, 0.2) is 11.1 Å². The van der Waals surface area contributed by atoms with E-state index in [1.165, 1.54) is 6.07 Å². The van der Waals surface area contributed by atoms with Crippen LogP contribution >= 0.6 is 0 Å². The number of benzene rings is 1. The molecule has 19 heavy (non-hydrogen) atoms. The van der Waals surface area contributed by atoms with Crippen molar-refractivity contribution in [3.63, 3.8) is 0 Å². The molecular weight excluding hydrogens is 263 g/mol. The summed E-state index contributed by atoms with van der Waals surface area (Å²) in [5.74, 6) is -0.883. The largest absolute Gasteiger partial charge is 0.420 e. The SMILES string of the molecule is N#Cc1cc2cccc(C(F)(F)F)c2nc1[N+](=O)[O-]. The number of fused-ring (bicyclic) bond motifs is 1. The zero-order valence-corrected chi connectivity index (χ0v) is 9.10. The maximum absolute atomic E-state index is 12.8. The van der Waals surface area contributed by atoms with E-state index in [0.29, 0.717) is 0 Å². The quantitative estimate of drug-likeness (QED) is 0.587. The molecule has 1 heterocycles. The van der Waals surface area contributed by atoms with Gasteiger partial charge >= 0.3 is 12.0 Å². The zero-order valence-electron chi connectivity index (χ0n) is 9.10. The van der Waals surface area contributed by atoms with Crippen molar-refractivity contribution < 1.29 is 18.1 Å². The highest BCUT2D eigenvalue weighted by molar-refractivity contribution is 5.85. The summed E-state index contributed by atoms with van der Waals surface area (Å²) < 4.78 is 38.3. The molecule has 0 fully saturated rings. The van der Waals surface area contributed by atoms with Crippen LogP contribution in [0.15, 0.2) is 24.3 Å². The Bertz CT molecular complexity index is 719. The normalized spacial score (nSPS) is 11.3. The van der Waals surface area contributed by atoms with Gasteiger partial charge in [0.2, 0.25) is 0 Å². The number of hydrogen-bond acceptors (Lipinski definition) is 4. The Hall–Kier alpha value is -2.69.